The Bertz CT molecular complexity index is 856. The maximum Gasteiger partial charge on any atom is 0.122 e. The zero-order valence-electron chi connectivity index (χ0n) is 15.0. The Labute approximate surface area is 160 Å². The second-order valence-electron chi connectivity index (χ2n) is 7.35. The van der Waals surface area contributed by atoms with E-state index in [9.17, 15) is 0 Å². The van der Waals surface area contributed by atoms with Crippen molar-refractivity contribution in [1.82, 2.24) is 4.57 Å². The molecular formula is C20H24ClNOSSi. The van der Waals surface area contributed by atoms with Crippen molar-refractivity contribution >= 4 is 42.3 Å². The summed E-state index contributed by atoms with van der Waals surface area (Å²) in [6.07, 6.45) is 2.11. The molecule has 0 fully saturated rings. The van der Waals surface area contributed by atoms with Gasteiger partial charge in [-0.2, -0.15) is 0 Å². The van der Waals surface area contributed by atoms with Crippen molar-refractivity contribution in [2.24, 2.45) is 0 Å². The highest BCUT2D eigenvalue weighted by molar-refractivity contribution is 7.99. The number of nitrogens with zero attached hydrogens (tertiary/aromatic N) is 1. The van der Waals surface area contributed by atoms with Crippen LogP contribution in [0.3, 0.4) is 0 Å². The molecule has 0 saturated carbocycles. The molecule has 0 aliphatic heterocycles. The number of halogens is 1. The van der Waals surface area contributed by atoms with Crippen LogP contribution in [0, 0.1) is 0 Å². The highest BCUT2D eigenvalue weighted by atomic mass is 35.5. The number of hydrogen-bond donors (Lipinski definition) is 0. The SMILES string of the molecule is C[Si](C)(C)CCOCn1ccc2c(Sc3ccccc3Cl)cccc21. The Balaban J connectivity index is 1.75. The summed E-state index contributed by atoms with van der Waals surface area (Å²) >= 11 is 8.02. The average Bonchev–Trinajstić information content (AvgIpc) is 2.97. The monoisotopic (exact) mass is 389 g/mol. The van der Waals surface area contributed by atoms with Crippen molar-refractivity contribution in [3.63, 3.8) is 0 Å². The highest BCUT2D eigenvalue weighted by Crippen LogP contribution is 2.37. The summed E-state index contributed by atoms with van der Waals surface area (Å²) in [5, 5.41) is 2.03. The molecule has 0 bridgehead atoms. The van der Waals surface area contributed by atoms with Gasteiger partial charge < -0.3 is 9.30 Å². The van der Waals surface area contributed by atoms with Crippen LogP contribution in [-0.2, 0) is 11.5 Å². The fourth-order valence-electron chi connectivity index (χ4n) is 2.58. The summed E-state index contributed by atoms with van der Waals surface area (Å²) in [7, 11) is -1.04. The number of fused-ring (bicyclic) bond motifs is 1. The molecule has 0 aliphatic rings. The quantitative estimate of drug-likeness (QED) is 0.327. The second kappa shape index (κ2) is 8.00. The van der Waals surface area contributed by atoms with Crippen LogP contribution >= 0.6 is 23.4 Å². The normalized spacial score (nSPS) is 12.0. The molecule has 0 spiro atoms. The summed E-state index contributed by atoms with van der Waals surface area (Å²) in [6.45, 7) is 8.57. The Morgan fingerprint density at radius 1 is 1.00 bits per heavy atom. The lowest BCUT2D eigenvalue weighted by Crippen LogP contribution is -2.21. The first-order chi connectivity index (χ1) is 11.9. The van der Waals surface area contributed by atoms with Crippen LogP contribution in [0.1, 0.15) is 0 Å². The van der Waals surface area contributed by atoms with Gasteiger partial charge in [0.1, 0.15) is 6.73 Å². The Kier molecular flexibility index (Phi) is 5.95. The minimum absolute atomic E-state index is 0.605. The topological polar surface area (TPSA) is 14.2 Å². The van der Waals surface area contributed by atoms with E-state index in [-0.39, 0.29) is 0 Å². The van der Waals surface area contributed by atoms with Gasteiger partial charge in [0.05, 0.1) is 10.5 Å². The van der Waals surface area contributed by atoms with Gasteiger partial charge >= 0.3 is 0 Å². The fourth-order valence-corrected chi connectivity index (χ4v) is 4.57. The van der Waals surface area contributed by atoms with Gasteiger partial charge in [-0.3, -0.25) is 0 Å². The molecule has 1 heterocycles. The van der Waals surface area contributed by atoms with Gasteiger partial charge in [0.25, 0.3) is 0 Å². The summed E-state index contributed by atoms with van der Waals surface area (Å²) < 4.78 is 8.09. The second-order valence-corrected chi connectivity index (χ2v) is 14.5. The van der Waals surface area contributed by atoms with Crippen molar-refractivity contribution in [3.8, 4) is 0 Å². The van der Waals surface area contributed by atoms with Crippen LogP contribution in [0.2, 0.25) is 30.7 Å². The third kappa shape index (κ3) is 4.91. The van der Waals surface area contributed by atoms with E-state index in [0.717, 1.165) is 16.5 Å². The lowest BCUT2D eigenvalue weighted by Gasteiger charge is -2.15. The molecular weight excluding hydrogens is 366 g/mol. The predicted octanol–water partition coefficient (Wildman–Crippen LogP) is 6.76. The van der Waals surface area contributed by atoms with Crippen molar-refractivity contribution in [3.05, 3.63) is 59.8 Å². The van der Waals surface area contributed by atoms with Crippen molar-refractivity contribution < 1.29 is 4.74 Å². The largest absolute Gasteiger partial charge is 0.361 e. The van der Waals surface area contributed by atoms with E-state index in [4.69, 9.17) is 16.3 Å². The van der Waals surface area contributed by atoms with Gasteiger partial charge in [-0.15, -0.1) is 0 Å². The van der Waals surface area contributed by atoms with Crippen molar-refractivity contribution in [1.29, 1.82) is 0 Å². The van der Waals surface area contributed by atoms with E-state index >= 15 is 0 Å². The first-order valence-electron chi connectivity index (χ1n) is 8.52. The standard InChI is InChI=1S/C20H24ClNOSSi/c1-25(2,3)14-13-23-15-22-12-11-16-18(22)8-6-10-19(16)24-20-9-5-4-7-17(20)21/h4-12H,13-15H2,1-3H3. The molecule has 2 aromatic carbocycles. The van der Waals surface area contributed by atoms with Gasteiger partial charge in [0.2, 0.25) is 0 Å². The molecule has 3 rings (SSSR count). The lowest BCUT2D eigenvalue weighted by atomic mass is 10.2. The first kappa shape index (κ1) is 18.6. The number of hydrogen-bond acceptors (Lipinski definition) is 2. The number of aromatic nitrogens is 1. The molecule has 0 unspecified atom stereocenters. The Hall–Kier alpha value is -1.20. The number of benzene rings is 2. The zero-order valence-corrected chi connectivity index (χ0v) is 17.5. The van der Waals surface area contributed by atoms with E-state index < -0.39 is 8.07 Å². The van der Waals surface area contributed by atoms with Crippen LogP contribution in [0.15, 0.2) is 64.5 Å². The molecule has 0 radical (unpaired) electrons. The Morgan fingerprint density at radius 2 is 1.76 bits per heavy atom. The minimum Gasteiger partial charge on any atom is -0.361 e. The third-order valence-electron chi connectivity index (χ3n) is 4.06. The molecule has 25 heavy (non-hydrogen) atoms. The molecule has 0 saturated heterocycles. The van der Waals surface area contributed by atoms with Crippen LogP contribution in [-0.4, -0.2) is 19.2 Å². The molecule has 0 aliphatic carbocycles. The maximum absolute atomic E-state index is 6.31. The zero-order chi connectivity index (χ0) is 17.9. The van der Waals surface area contributed by atoms with Gasteiger partial charge in [-0.25, -0.2) is 0 Å². The van der Waals surface area contributed by atoms with Gasteiger partial charge in [-0.1, -0.05) is 61.2 Å². The summed E-state index contributed by atoms with van der Waals surface area (Å²) in [5.41, 5.74) is 1.20. The van der Waals surface area contributed by atoms with E-state index in [1.807, 2.05) is 18.2 Å². The smallest absolute Gasteiger partial charge is 0.122 e. The molecule has 0 N–H and O–H groups in total. The van der Waals surface area contributed by atoms with Crippen LogP contribution in [0.25, 0.3) is 10.9 Å². The van der Waals surface area contributed by atoms with Crippen molar-refractivity contribution in [2.45, 2.75) is 42.2 Å². The third-order valence-corrected chi connectivity index (χ3v) is 7.35. The van der Waals surface area contributed by atoms with E-state index in [1.54, 1.807) is 11.8 Å². The maximum atomic E-state index is 6.31. The number of rotatable bonds is 7. The van der Waals surface area contributed by atoms with E-state index in [2.05, 4.69) is 60.7 Å². The van der Waals surface area contributed by atoms with E-state index in [0.29, 0.717) is 6.73 Å². The van der Waals surface area contributed by atoms with Gasteiger partial charge in [0, 0.05) is 36.1 Å². The van der Waals surface area contributed by atoms with Crippen LogP contribution in [0.4, 0.5) is 0 Å². The molecule has 3 aromatic rings. The molecule has 132 valence electrons. The number of ether oxygens (including phenoxy) is 1. The van der Waals surface area contributed by atoms with Crippen molar-refractivity contribution in [2.75, 3.05) is 6.61 Å². The molecule has 0 amide bonds. The van der Waals surface area contributed by atoms with Gasteiger partial charge in [0.15, 0.2) is 0 Å². The van der Waals surface area contributed by atoms with Crippen LogP contribution < -0.4 is 0 Å². The van der Waals surface area contributed by atoms with E-state index in [1.165, 1.54) is 21.8 Å². The highest BCUT2D eigenvalue weighted by Gasteiger charge is 2.12. The minimum atomic E-state index is -1.04. The molecule has 0 atom stereocenters. The molecule has 2 nitrogen and oxygen atoms in total. The summed E-state index contributed by atoms with van der Waals surface area (Å²) in [4.78, 5) is 2.29. The lowest BCUT2D eigenvalue weighted by molar-refractivity contribution is 0.0902. The summed E-state index contributed by atoms with van der Waals surface area (Å²) in [5.74, 6) is 0. The van der Waals surface area contributed by atoms with Gasteiger partial charge in [-0.05, 0) is 36.4 Å². The predicted molar refractivity (Wildman–Crippen MR) is 112 cm³/mol. The first-order valence-corrected chi connectivity index (χ1v) is 13.4. The average molecular weight is 390 g/mol. The molecule has 1 aromatic heterocycles. The van der Waals surface area contributed by atoms with Crippen LogP contribution in [0.5, 0.6) is 0 Å². The summed E-state index contributed by atoms with van der Waals surface area (Å²) in [6, 6.07) is 17.7. The molecule has 5 heteroatoms. The Morgan fingerprint density at radius 3 is 2.52 bits per heavy atom. The fraction of sp³-hybridized carbons (Fsp3) is 0.300.